The molecule has 21 heavy (non-hydrogen) atoms. The van der Waals surface area contributed by atoms with E-state index in [4.69, 9.17) is 27.9 Å². The zero-order valence-electron chi connectivity index (χ0n) is 11.0. The molecule has 0 aliphatic carbocycles. The molecule has 0 unspecified atom stereocenters. The average Bonchev–Trinajstić information content (AvgIpc) is 2.42. The van der Waals surface area contributed by atoms with Crippen molar-refractivity contribution < 1.29 is 14.3 Å². The van der Waals surface area contributed by atoms with Crippen molar-refractivity contribution in [3.05, 3.63) is 58.1 Å². The molecule has 0 radical (unpaired) electrons. The number of ether oxygens (including phenoxy) is 1. The number of carbonyl (C=O) groups excluding carboxylic acids is 2. The number of amides is 1. The molecule has 0 bridgehead atoms. The Labute approximate surface area is 131 Å². The van der Waals surface area contributed by atoms with Crippen LogP contribution in [0.2, 0.25) is 10.0 Å². The summed E-state index contributed by atoms with van der Waals surface area (Å²) < 4.78 is 5.00. The number of rotatable bonds is 3. The lowest BCUT2D eigenvalue weighted by atomic mass is 10.2. The van der Waals surface area contributed by atoms with Gasteiger partial charge in [-0.2, -0.15) is 0 Å². The van der Waals surface area contributed by atoms with Crippen LogP contribution >= 0.6 is 23.2 Å². The number of hydrogen-bond donors (Lipinski definition) is 1. The molecule has 0 aliphatic rings. The van der Waals surface area contributed by atoms with E-state index in [0.29, 0.717) is 15.7 Å². The van der Waals surface area contributed by atoms with Crippen molar-refractivity contribution >= 4 is 40.8 Å². The second-order valence-corrected chi connectivity index (χ2v) is 5.01. The Balaban J connectivity index is 2.26. The Kier molecular flexibility index (Phi) is 4.83. The van der Waals surface area contributed by atoms with Crippen molar-refractivity contribution in [2.24, 2.45) is 0 Å². The summed E-state index contributed by atoms with van der Waals surface area (Å²) in [5.41, 5.74) is 0.655. The molecule has 0 spiro atoms. The fourth-order valence-electron chi connectivity index (χ4n) is 1.68. The number of hydrogen-bond acceptors (Lipinski definition) is 3. The van der Waals surface area contributed by atoms with Gasteiger partial charge in [0.2, 0.25) is 0 Å². The molecule has 6 heteroatoms. The molecular formula is C15H11Cl2NO3. The van der Waals surface area contributed by atoms with Crippen LogP contribution in [0.5, 0.6) is 5.75 Å². The van der Waals surface area contributed by atoms with E-state index in [2.05, 4.69) is 5.32 Å². The molecule has 1 N–H and O–H groups in total. The molecule has 0 atom stereocenters. The molecule has 0 aliphatic heterocycles. The molecule has 4 nitrogen and oxygen atoms in total. The fraction of sp³-hybridized carbons (Fsp3) is 0.0667. The van der Waals surface area contributed by atoms with E-state index in [1.807, 2.05) is 0 Å². The van der Waals surface area contributed by atoms with Crippen molar-refractivity contribution in [2.45, 2.75) is 6.92 Å². The number of esters is 1. The summed E-state index contributed by atoms with van der Waals surface area (Å²) in [4.78, 5) is 23.3. The molecule has 1 amide bonds. The van der Waals surface area contributed by atoms with E-state index in [1.54, 1.807) is 36.4 Å². The third-order valence-electron chi connectivity index (χ3n) is 2.56. The summed E-state index contributed by atoms with van der Waals surface area (Å²) in [6.07, 6.45) is 0. The highest BCUT2D eigenvalue weighted by Gasteiger charge is 2.14. The number of halogens is 2. The highest BCUT2D eigenvalue weighted by Crippen LogP contribution is 2.27. The number of benzene rings is 2. The minimum absolute atomic E-state index is 0.188. The first-order valence-electron chi connectivity index (χ1n) is 6.01. The largest absolute Gasteiger partial charge is 0.426 e. The Hall–Kier alpha value is -2.04. The zero-order chi connectivity index (χ0) is 15.4. The molecule has 0 saturated carbocycles. The summed E-state index contributed by atoms with van der Waals surface area (Å²) in [5, 5.41) is 3.44. The molecule has 0 heterocycles. The van der Waals surface area contributed by atoms with Crippen molar-refractivity contribution in [3.8, 4) is 5.75 Å². The maximum atomic E-state index is 12.3. The second-order valence-electron chi connectivity index (χ2n) is 4.17. The smallest absolute Gasteiger partial charge is 0.308 e. The van der Waals surface area contributed by atoms with Crippen LogP contribution in [0, 0.1) is 0 Å². The molecule has 2 aromatic rings. The fourth-order valence-corrected chi connectivity index (χ4v) is 2.13. The normalized spacial score (nSPS) is 10.0. The van der Waals surface area contributed by atoms with Crippen LogP contribution < -0.4 is 10.1 Å². The number of carbonyl (C=O) groups is 2. The average molecular weight is 324 g/mol. The van der Waals surface area contributed by atoms with E-state index in [1.165, 1.54) is 13.0 Å². The Morgan fingerprint density at radius 1 is 1.10 bits per heavy atom. The van der Waals surface area contributed by atoms with Crippen LogP contribution in [0.15, 0.2) is 42.5 Å². The van der Waals surface area contributed by atoms with Crippen LogP contribution in [-0.4, -0.2) is 11.9 Å². The minimum Gasteiger partial charge on any atom is -0.426 e. The summed E-state index contributed by atoms with van der Waals surface area (Å²) in [5.74, 6) is -0.747. The van der Waals surface area contributed by atoms with Gasteiger partial charge >= 0.3 is 5.97 Å². The monoisotopic (exact) mass is 323 g/mol. The molecule has 2 aromatic carbocycles. The summed E-state index contributed by atoms with van der Waals surface area (Å²) in [6.45, 7) is 1.27. The Morgan fingerprint density at radius 3 is 2.48 bits per heavy atom. The van der Waals surface area contributed by atoms with E-state index in [-0.39, 0.29) is 11.3 Å². The predicted molar refractivity (Wildman–Crippen MR) is 82.2 cm³/mol. The number of nitrogens with one attached hydrogen (secondary N) is 1. The van der Waals surface area contributed by atoms with Gasteiger partial charge in [-0.1, -0.05) is 35.3 Å². The SMILES string of the molecule is CC(=O)Oc1ccccc1C(=O)Nc1ccc(Cl)cc1Cl. The van der Waals surface area contributed by atoms with Gasteiger partial charge in [0.25, 0.3) is 5.91 Å². The maximum Gasteiger partial charge on any atom is 0.308 e. The Bertz CT molecular complexity index is 701. The second kappa shape index (κ2) is 6.61. The summed E-state index contributed by atoms with van der Waals surface area (Å²) in [6, 6.07) is 11.2. The van der Waals surface area contributed by atoms with Gasteiger partial charge in [0.05, 0.1) is 16.3 Å². The summed E-state index contributed by atoms with van der Waals surface area (Å²) >= 11 is 11.8. The van der Waals surface area contributed by atoms with Gasteiger partial charge in [-0.3, -0.25) is 9.59 Å². The van der Waals surface area contributed by atoms with Crippen molar-refractivity contribution in [3.63, 3.8) is 0 Å². The minimum atomic E-state index is -0.500. The lowest BCUT2D eigenvalue weighted by molar-refractivity contribution is -0.131. The number of para-hydroxylation sites is 1. The predicted octanol–water partition coefficient (Wildman–Crippen LogP) is 4.17. The summed E-state index contributed by atoms with van der Waals surface area (Å²) in [7, 11) is 0. The molecular weight excluding hydrogens is 313 g/mol. The van der Waals surface area contributed by atoms with Crippen LogP contribution in [-0.2, 0) is 4.79 Å². The van der Waals surface area contributed by atoms with E-state index >= 15 is 0 Å². The van der Waals surface area contributed by atoms with Gasteiger partial charge in [-0.05, 0) is 30.3 Å². The topological polar surface area (TPSA) is 55.4 Å². The first-order valence-corrected chi connectivity index (χ1v) is 6.77. The Morgan fingerprint density at radius 2 is 1.81 bits per heavy atom. The van der Waals surface area contributed by atoms with Crippen molar-refractivity contribution in [1.29, 1.82) is 0 Å². The van der Waals surface area contributed by atoms with Crippen LogP contribution in [0.4, 0.5) is 5.69 Å². The van der Waals surface area contributed by atoms with Crippen molar-refractivity contribution in [1.82, 2.24) is 0 Å². The third kappa shape index (κ3) is 3.97. The molecule has 2 rings (SSSR count). The first-order chi connectivity index (χ1) is 9.97. The molecule has 0 fully saturated rings. The molecule has 0 aromatic heterocycles. The lowest BCUT2D eigenvalue weighted by Gasteiger charge is -2.10. The van der Waals surface area contributed by atoms with Gasteiger partial charge in [0, 0.05) is 11.9 Å². The van der Waals surface area contributed by atoms with E-state index < -0.39 is 11.9 Å². The van der Waals surface area contributed by atoms with Gasteiger partial charge < -0.3 is 10.1 Å². The third-order valence-corrected chi connectivity index (χ3v) is 3.11. The van der Waals surface area contributed by atoms with E-state index in [0.717, 1.165) is 0 Å². The van der Waals surface area contributed by atoms with E-state index in [9.17, 15) is 9.59 Å². The van der Waals surface area contributed by atoms with Crippen LogP contribution in [0.3, 0.4) is 0 Å². The number of anilines is 1. The van der Waals surface area contributed by atoms with Crippen molar-refractivity contribution in [2.75, 3.05) is 5.32 Å². The van der Waals surface area contributed by atoms with Gasteiger partial charge in [0.1, 0.15) is 5.75 Å². The van der Waals surface area contributed by atoms with Gasteiger partial charge in [0.15, 0.2) is 0 Å². The maximum absolute atomic E-state index is 12.3. The van der Waals surface area contributed by atoms with Crippen LogP contribution in [0.1, 0.15) is 17.3 Å². The standard InChI is InChI=1S/C15H11Cl2NO3/c1-9(19)21-14-5-3-2-4-11(14)15(20)18-13-7-6-10(16)8-12(13)17/h2-8H,1H3,(H,18,20). The van der Waals surface area contributed by atoms with Crippen LogP contribution in [0.25, 0.3) is 0 Å². The highest BCUT2D eigenvalue weighted by atomic mass is 35.5. The highest BCUT2D eigenvalue weighted by molar-refractivity contribution is 6.36. The molecule has 108 valence electrons. The quantitative estimate of drug-likeness (QED) is 0.681. The first kappa shape index (κ1) is 15.4. The molecule has 0 saturated heterocycles. The van der Waals surface area contributed by atoms with Gasteiger partial charge in [-0.15, -0.1) is 0 Å². The zero-order valence-corrected chi connectivity index (χ0v) is 12.5. The lowest BCUT2D eigenvalue weighted by Crippen LogP contribution is -2.15. The van der Waals surface area contributed by atoms with Gasteiger partial charge in [-0.25, -0.2) is 0 Å².